The van der Waals surface area contributed by atoms with Gasteiger partial charge in [-0.15, -0.1) is 0 Å². The number of aliphatic hydroxyl groups is 1. The van der Waals surface area contributed by atoms with Crippen molar-refractivity contribution in [1.82, 2.24) is 4.72 Å². The third kappa shape index (κ3) is 3.49. The number of hydrogen-bond acceptors (Lipinski definition) is 4. The van der Waals surface area contributed by atoms with Gasteiger partial charge in [0.2, 0.25) is 10.0 Å². The van der Waals surface area contributed by atoms with Crippen LogP contribution < -0.4 is 4.72 Å². The van der Waals surface area contributed by atoms with Crippen LogP contribution in [0.3, 0.4) is 0 Å². The van der Waals surface area contributed by atoms with Crippen LogP contribution in [-0.2, 0) is 10.0 Å². The van der Waals surface area contributed by atoms with Crippen molar-refractivity contribution in [2.45, 2.75) is 17.9 Å². The van der Waals surface area contributed by atoms with Gasteiger partial charge in [-0.05, 0) is 25.1 Å². The molecule has 1 aromatic carbocycles. The van der Waals surface area contributed by atoms with Gasteiger partial charge in [-0.3, -0.25) is 0 Å². The third-order valence-corrected chi connectivity index (χ3v) is 3.47. The summed E-state index contributed by atoms with van der Waals surface area (Å²) >= 11 is 0. The molecule has 0 heterocycles. The highest BCUT2D eigenvalue weighted by Gasteiger charge is 2.18. The second-order valence-corrected chi connectivity index (χ2v) is 5.41. The minimum Gasteiger partial charge on any atom is -0.478 e. The number of carboxylic acid groups (broad SMARTS) is 1. The van der Waals surface area contributed by atoms with Crippen LogP contribution in [0.15, 0.2) is 23.1 Å². The molecule has 1 rings (SSSR count). The zero-order valence-electron chi connectivity index (χ0n) is 9.42. The molecular weight excluding hydrogens is 265 g/mol. The molecular formula is C10H12FNO5S. The van der Waals surface area contributed by atoms with Gasteiger partial charge in [-0.25, -0.2) is 22.3 Å². The Labute approximate surface area is 103 Å². The van der Waals surface area contributed by atoms with Crippen LogP contribution in [0, 0.1) is 5.82 Å². The predicted molar refractivity (Wildman–Crippen MR) is 60.2 cm³/mol. The molecule has 0 aliphatic rings. The van der Waals surface area contributed by atoms with E-state index in [9.17, 15) is 17.6 Å². The lowest BCUT2D eigenvalue weighted by Gasteiger charge is -2.08. The molecule has 0 bridgehead atoms. The van der Waals surface area contributed by atoms with Crippen LogP contribution in [-0.4, -0.2) is 37.2 Å². The number of aliphatic hydroxyl groups excluding tert-OH is 1. The molecule has 1 atom stereocenters. The average Bonchev–Trinajstić information content (AvgIpc) is 2.26. The molecule has 100 valence electrons. The van der Waals surface area contributed by atoms with Gasteiger partial charge in [-0.1, -0.05) is 0 Å². The molecule has 1 aromatic rings. The zero-order chi connectivity index (χ0) is 13.9. The van der Waals surface area contributed by atoms with Gasteiger partial charge >= 0.3 is 5.97 Å². The van der Waals surface area contributed by atoms with Crippen LogP contribution >= 0.6 is 0 Å². The largest absolute Gasteiger partial charge is 0.478 e. The standard InChI is InChI=1S/C10H12FNO5S/c1-6(13)5-12-18(16,17)7-2-3-8(10(14)15)9(11)4-7/h2-4,6,12-13H,5H2,1H3,(H,14,15)/t6-/m1/s1. The molecule has 0 spiro atoms. The summed E-state index contributed by atoms with van der Waals surface area (Å²) in [4.78, 5) is 10.2. The Kier molecular flexibility index (Phi) is 4.38. The average molecular weight is 277 g/mol. The van der Waals surface area contributed by atoms with Crippen LogP contribution in [0.5, 0.6) is 0 Å². The lowest BCUT2D eigenvalue weighted by molar-refractivity contribution is 0.0691. The van der Waals surface area contributed by atoms with Gasteiger partial charge < -0.3 is 10.2 Å². The molecule has 0 saturated heterocycles. The molecule has 0 fully saturated rings. The third-order valence-electron chi connectivity index (χ3n) is 2.05. The highest BCUT2D eigenvalue weighted by atomic mass is 32.2. The Bertz CT molecular complexity index is 555. The fourth-order valence-electron chi connectivity index (χ4n) is 1.15. The molecule has 0 radical (unpaired) electrons. The van der Waals surface area contributed by atoms with Crippen molar-refractivity contribution in [2.24, 2.45) is 0 Å². The smallest absolute Gasteiger partial charge is 0.338 e. The highest BCUT2D eigenvalue weighted by Crippen LogP contribution is 2.14. The van der Waals surface area contributed by atoms with E-state index in [1.165, 1.54) is 6.92 Å². The number of rotatable bonds is 5. The summed E-state index contributed by atoms with van der Waals surface area (Å²) in [5.74, 6) is -2.61. The Morgan fingerprint density at radius 3 is 2.56 bits per heavy atom. The van der Waals surface area contributed by atoms with Crippen molar-refractivity contribution in [3.8, 4) is 0 Å². The van der Waals surface area contributed by atoms with Crippen molar-refractivity contribution in [3.05, 3.63) is 29.6 Å². The van der Waals surface area contributed by atoms with E-state index in [4.69, 9.17) is 10.2 Å². The van der Waals surface area contributed by atoms with Gasteiger partial charge in [-0.2, -0.15) is 0 Å². The highest BCUT2D eigenvalue weighted by molar-refractivity contribution is 7.89. The quantitative estimate of drug-likeness (QED) is 0.712. The number of hydrogen-bond donors (Lipinski definition) is 3. The first-order chi connectivity index (χ1) is 8.24. The Morgan fingerprint density at radius 1 is 1.50 bits per heavy atom. The van der Waals surface area contributed by atoms with Gasteiger partial charge in [0.15, 0.2) is 0 Å². The van der Waals surface area contributed by atoms with Gasteiger partial charge in [0.1, 0.15) is 5.82 Å². The Morgan fingerprint density at radius 2 is 2.11 bits per heavy atom. The van der Waals surface area contributed by atoms with E-state index in [2.05, 4.69) is 4.72 Å². The van der Waals surface area contributed by atoms with E-state index in [1.807, 2.05) is 0 Å². The first-order valence-electron chi connectivity index (χ1n) is 4.94. The van der Waals surface area contributed by atoms with Crippen LogP contribution in [0.25, 0.3) is 0 Å². The van der Waals surface area contributed by atoms with Crippen LogP contribution in [0.2, 0.25) is 0 Å². The number of sulfonamides is 1. The number of aromatic carboxylic acids is 1. The van der Waals surface area contributed by atoms with Crippen molar-refractivity contribution in [3.63, 3.8) is 0 Å². The SMILES string of the molecule is C[C@@H](O)CNS(=O)(=O)c1ccc(C(=O)O)c(F)c1. The zero-order valence-corrected chi connectivity index (χ0v) is 10.2. The molecule has 0 saturated carbocycles. The fraction of sp³-hybridized carbons (Fsp3) is 0.300. The number of nitrogens with one attached hydrogen (secondary N) is 1. The summed E-state index contributed by atoms with van der Waals surface area (Å²) in [5.41, 5.74) is -0.607. The van der Waals surface area contributed by atoms with Gasteiger partial charge in [0.05, 0.1) is 16.6 Å². The number of carbonyl (C=O) groups is 1. The van der Waals surface area contributed by atoms with Crippen LogP contribution in [0.4, 0.5) is 4.39 Å². The Balaban J connectivity index is 3.04. The minimum absolute atomic E-state index is 0.218. The second-order valence-electron chi connectivity index (χ2n) is 3.65. The lowest BCUT2D eigenvalue weighted by Crippen LogP contribution is -2.30. The summed E-state index contributed by atoms with van der Waals surface area (Å²) < 4.78 is 38.6. The first-order valence-corrected chi connectivity index (χ1v) is 6.43. The van der Waals surface area contributed by atoms with Gasteiger partial charge in [0.25, 0.3) is 0 Å². The molecule has 8 heteroatoms. The fourth-order valence-corrected chi connectivity index (χ4v) is 2.28. The predicted octanol–water partition coefficient (Wildman–Crippen LogP) is 0.183. The van der Waals surface area contributed by atoms with E-state index in [1.54, 1.807) is 0 Å². The van der Waals surface area contributed by atoms with Crippen LogP contribution in [0.1, 0.15) is 17.3 Å². The molecule has 6 nitrogen and oxygen atoms in total. The molecule has 18 heavy (non-hydrogen) atoms. The van der Waals surface area contributed by atoms with Crippen molar-refractivity contribution in [2.75, 3.05) is 6.54 Å². The van der Waals surface area contributed by atoms with Gasteiger partial charge in [0, 0.05) is 6.54 Å². The maximum Gasteiger partial charge on any atom is 0.338 e. The molecule has 3 N–H and O–H groups in total. The maximum atomic E-state index is 13.3. The summed E-state index contributed by atoms with van der Waals surface area (Å²) in [5, 5.41) is 17.6. The summed E-state index contributed by atoms with van der Waals surface area (Å²) in [6.07, 6.45) is -0.886. The second kappa shape index (κ2) is 5.42. The van der Waals surface area contributed by atoms with E-state index in [0.717, 1.165) is 12.1 Å². The molecule has 0 unspecified atom stereocenters. The van der Waals surface area contributed by atoms with E-state index < -0.39 is 38.4 Å². The maximum absolute atomic E-state index is 13.3. The normalized spacial score (nSPS) is 13.3. The summed E-state index contributed by atoms with van der Waals surface area (Å²) in [7, 11) is -3.96. The molecule has 0 aromatic heterocycles. The number of carboxylic acids is 1. The molecule has 0 aliphatic heterocycles. The lowest BCUT2D eigenvalue weighted by atomic mass is 10.2. The minimum atomic E-state index is -3.96. The summed E-state index contributed by atoms with van der Waals surface area (Å²) in [6, 6.07) is 2.47. The van der Waals surface area contributed by atoms with E-state index in [-0.39, 0.29) is 6.54 Å². The van der Waals surface area contributed by atoms with E-state index >= 15 is 0 Å². The topological polar surface area (TPSA) is 104 Å². The monoisotopic (exact) mass is 277 g/mol. The van der Waals surface area contributed by atoms with Crippen molar-refractivity contribution in [1.29, 1.82) is 0 Å². The first kappa shape index (κ1) is 14.6. The van der Waals surface area contributed by atoms with E-state index in [0.29, 0.717) is 6.07 Å². The Hall–Kier alpha value is -1.51. The summed E-state index contributed by atoms with van der Waals surface area (Å²) in [6.45, 7) is 1.17. The van der Waals surface area contributed by atoms with Crippen molar-refractivity contribution >= 4 is 16.0 Å². The number of halogens is 1. The van der Waals surface area contributed by atoms with Crippen molar-refractivity contribution < 1.29 is 27.8 Å². The molecule has 0 amide bonds. The number of benzene rings is 1. The molecule has 0 aliphatic carbocycles.